The fourth-order valence-corrected chi connectivity index (χ4v) is 4.47. The number of esters is 1. The molecule has 2 N–H and O–H groups in total. The summed E-state index contributed by atoms with van der Waals surface area (Å²) in [5.41, 5.74) is 1.14. The van der Waals surface area contributed by atoms with Crippen molar-refractivity contribution in [1.82, 2.24) is 4.72 Å². The second kappa shape index (κ2) is 11.4. The van der Waals surface area contributed by atoms with E-state index in [1.165, 1.54) is 25.3 Å². The minimum atomic E-state index is -4.04. The normalized spacial score (nSPS) is 11.9. The lowest BCUT2D eigenvalue weighted by Gasteiger charge is -2.20. The predicted octanol–water partition coefficient (Wildman–Crippen LogP) is 3.40. The van der Waals surface area contributed by atoms with Gasteiger partial charge in [0, 0.05) is 0 Å². The molecule has 0 heterocycles. The molecule has 9 heteroatoms. The molecule has 1 amide bonds. The minimum Gasteiger partial charge on any atom is -0.494 e. The number of hydrogen-bond acceptors (Lipinski definition) is 6. The highest BCUT2D eigenvalue weighted by Crippen LogP contribution is 2.19. The molecule has 34 heavy (non-hydrogen) atoms. The van der Waals surface area contributed by atoms with Gasteiger partial charge < -0.3 is 14.8 Å². The van der Waals surface area contributed by atoms with Gasteiger partial charge in [0.2, 0.25) is 15.9 Å². The quantitative estimate of drug-likeness (QED) is 0.429. The standard InChI is InChI=1S/C25H26N2O6S/c1-3-33-19-13-15-20(16-14-19)34(30,31)27-23(17-18-9-5-4-6-10-18)24(28)26-22-12-8-7-11-21(22)25(29)32-2/h4-16,23,27H,3,17H2,1-2H3,(H,26,28)/t23-/m0/s1. The van der Waals surface area contributed by atoms with E-state index < -0.39 is 27.9 Å². The van der Waals surface area contributed by atoms with Gasteiger partial charge in [-0.25, -0.2) is 13.2 Å². The summed E-state index contributed by atoms with van der Waals surface area (Å²) in [7, 11) is -2.80. The van der Waals surface area contributed by atoms with E-state index in [1.807, 2.05) is 13.0 Å². The van der Waals surface area contributed by atoms with E-state index in [4.69, 9.17) is 9.47 Å². The van der Waals surface area contributed by atoms with Crippen LogP contribution >= 0.6 is 0 Å². The number of hydrogen-bond donors (Lipinski definition) is 2. The molecule has 3 rings (SSSR count). The van der Waals surface area contributed by atoms with Crippen molar-refractivity contribution in [2.24, 2.45) is 0 Å². The highest BCUT2D eigenvalue weighted by Gasteiger charge is 2.27. The second-order valence-electron chi connectivity index (χ2n) is 7.29. The van der Waals surface area contributed by atoms with Crippen molar-refractivity contribution in [3.63, 3.8) is 0 Å². The molecule has 0 aliphatic heterocycles. The largest absolute Gasteiger partial charge is 0.494 e. The fraction of sp³-hybridized carbons (Fsp3) is 0.200. The van der Waals surface area contributed by atoms with Gasteiger partial charge in [-0.15, -0.1) is 0 Å². The first-order chi connectivity index (χ1) is 16.3. The van der Waals surface area contributed by atoms with Gasteiger partial charge in [-0.05, 0) is 55.3 Å². The van der Waals surface area contributed by atoms with Gasteiger partial charge in [0.15, 0.2) is 0 Å². The van der Waals surface area contributed by atoms with E-state index >= 15 is 0 Å². The Balaban J connectivity index is 1.88. The van der Waals surface area contributed by atoms with Crippen LogP contribution in [0.5, 0.6) is 5.75 Å². The Bertz CT molecular complexity index is 1230. The monoisotopic (exact) mass is 482 g/mol. The van der Waals surface area contributed by atoms with Crippen molar-refractivity contribution in [2.75, 3.05) is 19.0 Å². The smallest absolute Gasteiger partial charge is 0.339 e. The molecule has 0 saturated heterocycles. The molecule has 0 unspecified atom stereocenters. The van der Waals surface area contributed by atoms with Gasteiger partial charge in [0.05, 0.1) is 29.9 Å². The molecule has 8 nitrogen and oxygen atoms in total. The summed E-state index contributed by atoms with van der Waals surface area (Å²) in [6, 6.07) is 20.2. The summed E-state index contributed by atoms with van der Waals surface area (Å²) < 4.78 is 38.8. The molecular weight excluding hydrogens is 456 g/mol. The molecular formula is C25H26N2O6S. The van der Waals surface area contributed by atoms with Crippen LogP contribution in [0.1, 0.15) is 22.8 Å². The number of amides is 1. The lowest BCUT2D eigenvalue weighted by atomic mass is 10.1. The zero-order valence-electron chi connectivity index (χ0n) is 18.9. The molecule has 0 bridgehead atoms. The first-order valence-corrected chi connectivity index (χ1v) is 12.1. The number of anilines is 1. The molecule has 0 saturated carbocycles. The maximum atomic E-state index is 13.2. The average Bonchev–Trinajstić information content (AvgIpc) is 2.84. The van der Waals surface area contributed by atoms with E-state index in [2.05, 4.69) is 10.0 Å². The van der Waals surface area contributed by atoms with E-state index in [1.54, 1.807) is 54.6 Å². The number of nitrogens with one attached hydrogen (secondary N) is 2. The number of carbonyl (C=O) groups is 2. The number of ether oxygens (including phenoxy) is 2. The summed E-state index contributed by atoms with van der Waals surface area (Å²) >= 11 is 0. The Hall–Kier alpha value is -3.69. The minimum absolute atomic E-state index is 0.00299. The molecule has 0 aromatic heterocycles. The molecule has 3 aromatic rings. The highest BCUT2D eigenvalue weighted by atomic mass is 32.2. The van der Waals surface area contributed by atoms with Crippen LogP contribution in [0.3, 0.4) is 0 Å². The average molecular weight is 483 g/mol. The molecule has 0 spiro atoms. The van der Waals surface area contributed by atoms with Gasteiger partial charge in [-0.3, -0.25) is 4.79 Å². The first kappa shape index (κ1) is 24.9. The summed E-state index contributed by atoms with van der Waals surface area (Å²) in [4.78, 5) is 25.3. The summed E-state index contributed by atoms with van der Waals surface area (Å²) in [5.74, 6) is -0.695. The van der Waals surface area contributed by atoms with Crippen LogP contribution in [0.25, 0.3) is 0 Å². The van der Waals surface area contributed by atoms with Crippen molar-refractivity contribution in [1.29, 1.82) is 0 Å². The maximum Gasteiger partial charge on any atom is 0.339 e. The van der Waals surface area contributed by atoms with Crippen LogP contribution in [-0.4, -0.2) is 40.1 Å². The van der Waals surface area contributed by atoms with Gasteiger partial charge in [0.1, 0.15) is 11.8 Å². The zero-order valence-corrected chi connectivity index (χ0v) is 19.7. The molecule has 1 atom stereocenters. The number of rotatable bonds is 10. The highest BCUT2D eigenvalue weighted by molar-refractivity contribution is 7.89. The van der Waals surface area contributed by atoms with Crippen LogP contribution < -0.4 is 14.8 Å². The van der Waals surface area contributed by atoms with Gasteiger partial charge in [-0.2, -0.15) is 4.72 Å². The molecule has 0 radical (unpaired) electrons. The molecule has 0 aliphatic carbocycles. The van der Waals surface area contributed by atoms with Gasteiger partial charge >= 0.3 is 5.97 Å². The summed E-state index contributed by atoms with van der Waals surface area (Å²) in [6.07, 6.45) is 0.101. The Morgan fingerprint density at radius 2 is 1.56 bits per heavy atom. The lowest BCUT2D eigenvalue weighted by molar-refractivity contribution is -0.117. The van der Waals surface area contributed by atoms with Crippen molar-refractivity contribution in [2.45, 2.75) is 24.3 Å². The number of carbonyl (C=O) groups excluding carboxylic acids is 2. The van der Waals surface area contributed by atoms with Crippen molar-refractivity contribution in [3.8, 4) is 5.75 Å². The summed E-state index contributed by atoms with van der Waals surface area (Å²) in [5, 5.41) is 2.66. The number of benzene rings is 3. The van der Waals surface area contributed by atoms with Crippen LogP contribution in [0.15, 0.2) is 83.8 Å². The summed E-state index contributed by atoms with van der Waals surface area (Å²) in [6.45, 7) is 2.29. The Morgan fingerprint density at radius 3 is 2.21 bits per heavy atom. The van der Waals surface area contributed by atoms with Crippen LogP contribution in [-0.2, 0) is 26.0 Å². The third-order valence-corrected chi connectivity index (χ3v) is 6.42. The van der Waals surface area contributed by atoms with E-state index in [9.17, 15) is 18.0 Å². The van der Waals surface area contributed by atoms with Crippen LogP contribution in [0, 0.1) is 0 Å². The first-order valence-electron chi connectivity index (χ1n) is 10.6. The maximum absolute atomic E-state index is 13.2. The van der Waals surface area contributed by atoms with E-state index in [0.29, 0.717) is 12.4 Å². The third-order valence-electron chi connectivity index (χ3n) is 4.93. The lowest BCUT2D eigenvalue weighted by Crippen LogP contribution is -2.45. The van der Waals surface area contributed by atoms with E-state index in [-0.39, 0.29) is 22.6 Å². The zero-order chi connectivity index (χ0) is 24.6. The third kappa shape index (κ3) is 6.43. The topological polar surface area (TPSA) is 111 Å². The molecule has 178 valence electrons. The fourth-order valence-electron chi connectivity index (χ4n) is 3.27. The molecule has 0 fully saturated rings. The van der Waals surface area contributed by atoms with Gasteiger partial charge in [-0.1, -0.05) is 42.5 Å². The van der Waals surface area contributed by atoms with E-state index in [0.717, 1.165) is 5.56 Å². The molecule has 0 aliphatic rings. The number of para-hydroxylation sites is 1. The number of methoxy groups -OCH3 is 1. The molecule has 3 aromatic carbocycles. The SMILES string of the molecule is CCOc1ccc(S(=O)(=O)N[C@@H](Cc2ccccc2)C(=O)Nc2ccccc2C(=O)OC)cc1. The second-order valence-corrected chi connectivity index (χ2v) is 9.01. The Kier molecular flexibility index (Phi) is 8.39. The van der Waals surface area contributed by atoms with Crippen LogP contribution in [0.4, 0.5) is 5.69 Å². The van der Waals surface area contributed by atoms with Crippen molar-refractivity contribution >= 4 is 27.6 Å². The van der Waals surface area contributed by atoms with Crippen LogP contribution in [0.2, 0.25) is 0 Å². The van der Waals surface area contributed by atoms with Crippen molar-refractivity contribution in [3.05, 3.63) is 90.0 Å². The Labute approximate surface area is 199 Å². The Morgan fingerprint density at radius 1 is 0.912 bits per heavy atom. The van der Waals surface area contributed by atoms with Gasteiger partial charge in [0.25, 0.3) is 0 Å². The van der Waals surface area contributed by atoms with Crippen molar-refractivity contribution < 1.29 is 27.5 Å². The number of sulfonamides is 1. The predicted molar refractivity (Wildman–Crippen MR) is 128 cm³/mol.